The molecule has 0 saturated heterocycles. The lowest BCUT2D eigenvalue weighted by Crippen LogP contribution is -2.10. The van der Waals surface area contributed by atoms with Crippen LogP contribution < -0.4 is 4.74 Å². The van der Waals surface area contributed by atoms with Crippen LogP contribution in [0.15, 0.2) is 48.5 Å². The number of hydrogen-bond donors (Lipinski definition) is 0. The first-order valence-electron chi connectivity index (χ1n) is 12.3. The van der Waals surface area contributed by atoms with Crippen LogP contribution in [0.1, 0.15) is 82.0 Å². The molecule has 0 saturated carbocycles. The van der Waals surface area contributed by atoms with Crippen LogP contribution in [0.2, 0.25) is 0 Å². The van der Waals surface area contributed by atoms with E-state index in [4.69, 9.17) is 14.2 Å². The highest BCUT2D eigenvalue weighted by molar-refractivity contribution is 5.97. The van der Waals surface area contributed by atoms with Gasteiger partial charge in [-0.3, -0.25) is 0 Å². The molecule has 2 rings (SSSR count). The third kappa shape index (κ3) is 9.86. The van der Waals surface area contributed by atoms with Crippen LogP contribution in [0, 0.1) is 0 Å². The largest absolute Gasteiger partial charge is 0.494 e. The first-order valence-corrected chi connectivity index (χ1v) is 12.3. The number of rotatable bonds is 17. The van der Waals surface area contributed by atoms with Crippen molar-refractivity contribution in [3.8, 4) is 16.9 Å². The molecule has 0 N–H and O–H groups in total. The normalized spacial score (nSPS) is 10.8. The van der Waals surface area contributed by atoms with E-state index in [0.29, 0.717) is 25.2 Å². The Morgan fingerprint density at radius 3 is 2.16 bits per heavy atom. The van der Waals surface area contributed by atoms with E-state index < -0.39 is 0 Å². The zero-order chi connectivity index (χ0) is 22.9. The van der Waals surface area contributed by atoms with Gasteiger partial charge in [0.2, 0.25) is 0 Å². The third-order valence-corrected chi connectivity index (χ3v) is 5.39. The number of ether oxygens (including phenoxy) is 3. The first kappa shape index (κ1) is 25.9. The standard InChI is InChI=1S/C28H40O4/c1-3-5-7-8-9-12-22-31-25-18-16-24(17-19-25)26-14-10-11-15-27(26)28(29)32-23-13-21-30-20-6-4-2/h10-11,14-19H,3-9,12-13,20-23H2,1-2H3. The molecule has 2 aromatic rings. The molecular weight excluding hydrogens is 400 g/mol. The van der Waals surface area contributed by atoms with Gasteiger partial charge in [0.1, 0.15) is 5.75 Å². The lowest BCUT2D eigenvalue weighted by molar-refractivity contribution is 0.0445. The number of carbonyl (C=O) groups is 1. The van der Waals surface area contributed by atoms with Gasteiger partial charge in [-0.1, -0.05) is 82.7 Å². The molecule has 4 heteroatoms. The molecule has 0 aromatic heterocycles. The third-order valence-electron chi connectivity index (χ3n) is 5.39. The predicted octanol–water partition coefficient (Wildman–Crippen LogP) is 7.46. The van der Waals surface area contributed by atoms with Crippen molar-refractivity contribution in [1.82, 2.24) is 0 Å². The van der Waals surface area contributed by atoms with Gasteiger partial charge in [-0.15, -0.1) is 0 Å². The van der Waals surface area contributed by atoms with Gasteiger partial charge in [0.25, 0.3) is 0 Å². The Kier molecular flexibility index (Phi) is 13.2. The number of carbonyl (C=O) groups excluding carboxylic acids is 1. The molecule has 0 aliphatic heterocycles. The molecule has 0 unspecified atom stereocenters. The van der Waals surface area contributed by atoms with Crippen molar-refractivity contribution < 1.29 is 19.0 Å². The molecule has 0 amide bonds. The van der Waals surface area contributed by atoms with E-state index in [-0.39, 0.29) is 5.97 Å². The highest BCUT2D eigenvalue weighted by atomic mass is 16.5. The van der Waals surface area contributed by atoms with Crippen LogP contribution in [0.4, 0.5) is 0 Å². The second kappa shape index (κ2) is 16.3. The fourth-order valence-electron chi connectivity index (χ4n) is 3.47. The van der Waals surface area contributed by atoms with Gasteiger partial charge >= 0.3 is 5.97 Å². The highest BCUT2D eigenvalue weighted by Gasteiger charge is 2.13. The molecule has 0 fully saturated rings. The fourth-order valence-corrected chi connectivity index (χ4v) is 3.47. The average molecular weight is 441 g/mol. The molecule has 0 spiro atoms. The molecule has 0 heterocycles. The molecule has 2 aromatic carbocycles. The molecule has 0 radical (unpaired) electrons. The number of hydrogen-bond acceptors (Lipinski definition) is 4. The van der Waals surface area contributed by atoms with E-state index in [0.717, 1.165) is 49.4 Å². The molecule has 0 aliphatic carbocycles. The Morgan fingerprint density at radius 1 is 0.688 bits per heavy atom. The summed E-state index contributed by atoms with van der Waals surface area (Å²) in [5, 5.41) is 0. The van der Waals surface area contributed by atoms with Crippen molar-refractivity contribution in [3.63, 3.8) is 0 Å². The summed E-state index contributed by atoms with van der Waals surface area (Å²) >= 11 is 0. The van der Waals surface area contributed by atoms with Gasteiger partial charge in [-0.25, -0.2) is 4.79 Å². The van der Waals surface area contributed by atoms with Crippen molar-refractivity contribution in [2.24, 2.45) is 0 Å². The topological polar surface area (TPSA) is 44.8 Å². The zero-order valence-corrected chi connectivity index (χ0v) is 19.9. The molecular formula is C28H40O4. The molecule has 0 atom stereocenters. The Morgan fingerprint density at radius 2 is 1.38 bits per heavy atom. The summed E-state index contributed by atoms with van der Waals surface area (Å²) in [5.41, 5.74) is 2.44. The molecule has 4 nitrogen and oxygen atoms in total. The van der Waals surface area contributed by atoms with Crippen molar-refractivity contribution in [2.75, 3.05) is 26.4 Å². The smallest absolute Gasteiger partial charge is 0.338 e. The number of unbranched alkanes of at least 4 members (excludes halogenated alkanes) is 6. The number of esters is 1. The second-order valence-electron chi connectivity index (χ2n) is 8.14. The minimum Gasteiger partial charge on any atom is -0.494 e. The van der Waals surface area contributed by atoms with E-state index in [2.05, 4.69) is 13.8 Å². The van der Waals surface area contributed by atoms with Crippen LogP contribution in [0.5, 0.6) is 5.75 Å². The van der Waals surface area contributed by atoms with Crippen LogP contribution in [-0.2, 0) is 9.47 Å². The average Bonchev–Trinajstić information content (AvgIpc) is 2.83. The van der Waals surface area contributed by atoms with Crippen LogP contribution in [0.25, 0.3) is 11.1 Å². The van der Waals surface area contributed by atoms with Crippen molar-refractivity contribution in [2.45, 2.75) is 71.6 Å². The van der Waals surface area contributed by atoms with Crippen molar-refractivity contribution >= 4 is 5.97 Å². The summed E-state index contributed by atoms with van der Waals surface area (Å²) in [5.74, 6) is 0.572. The Hall–Kier alpha value is -2.33. The predicted molar refractivity (Wildman–Crippen MR) is 131 cm³/mol. The van der Waals surface area contributed by atoms with Gasteiger partial charge in [0.15, 0.2) is 0 Å². The molecule has 0 bridgehead atoms. The maximum atomic E-state index is 12.6. The summed E-state index contributed by atoms with van der Waals surface area (Å²) in [4.78, 5) is 12.6. The number of benzene rings is 2. The van der Waals surface area contributed by atoms with Gasteiger partial charge in [0, 0.05) is 19.6 Å². The zero-order valence-electron chi connectivity index (χ0n) is 19.9. The lowest BCUT2D eigenvalue weighted by Gasteiger charge is -2.11. The molecule has 0 aliphatic rings. The summed E-state index contributed by atoms with van der Waals surface area (Å²) in [6, 6.07) is 15.5. The van der Waals surface area contributed by atoms with Crippen LogP contribution in [-0.4, -0.2) is 32.4 Å². The second-order valence-corrected chi connectivity index (χ2v) is 8.14. The minimum absolute atomic E-state index is 0.294. The van der Waals surface area contributed by atoms with Crippen molar-refractivity contribution in [3.05, 3.63) is 54.1 Å². The maximum Gasteiger partial charge on any atom is 0.338 e. The van der Waals surface area contributed by atoms with E-state index in [1.54, 1.807) is 0 Å². The summed E-state index contributed by atoms with van der Waals surface area (Å²) in [7, 11) is 0. The van der Waals surface area contributed by atoms with Crippen LogP contribution in [0.3, 0.4) is 0 Å². The Bertz CT molecular complexity index is 754. The fraction of sp³-hybridized carbons (Fsp3) is 0.536. The van der Waals surface area contributed by atoms with E-state index >= 15 is 0 Å². The Balaban J connectivity index is 1.81. The van der Waals surface area contributed by atoms with Gasteiger partial charge < -0.3 is 14.2 Å². The lowest BCUT2D eigenvalue weighted by atomic mass is 10.00. The van der Waals surface area contributed by atoms with E-state index in [1.165, 1.54) is 32.1 Å². The monoisotopic (exact) mass is 440 g/mol. The van der Waals surface area contributed by atoms with Gasteiger partial charge in [0.05, 0.1) is 18.8 Å². The molecule has 176 valence electrons. The van der Waals surface area contributed by atoms with Crippen molar-refractivity contribution in [1.29, 1.82) is 0 Å². The van der Waals surface area contributed by atoms with Gasteiger partial charge in [-0.2, -0.15) is 0 Å². The van der Waals surface area contributed by atoms with Crippen LogP contribution >= 0.6 is 0 Å². The first-order chi connectivity index (χ1) is 15.8. The summed E-state index contributed by atoms with van der Waals surface area (Å²) < 4.78 is 16.9. The van der Waals surface area contributed by atoms with E-state index in [1.807, 2.05) is 48.5 Å². The van der Waals surface area contributed by atoms with Gasteiger partial charge in [-0.05, 0) is 42.2 Å². The van der Waals surface area contributed by atoms with E-state index in [9.17, 15) is 4.79 Å². The SMILES string of the molecule is CCCCCCCCOc1ccc(-c2ccccc2C(=O)OCCCOCCCC)cc1. The maximum absolute atomic E-state index is 12.6. The molecule has 32 heavy (non-hydrogen) atoms. The summed E-state index contributed by atoms with van der Waals surface area (Å²) in [6.45, 7) is 6.88. The highest BCUT2D eigenvalue weighted by Crippen LogP contribution is 2.26. The Labute approximate surface area is 194 Å². The quantitative estimate of drug-likeness (QED) is 0.189. The summed E-state index contributed by atoms with van der Waals surface area (Å²) in [6.07, 6.45) is 10.4. The minimum atomic E-state index is -0.294.